The molecule has 0 heterocycles. The molecule has 5 heteroatoms. The first-order valence-electron chi connectivity index (χ1n) is 5.61. The van der Waals surface area contributed by atoms with Gasteiger partial charge in [-0.15, -0.1) is 0 Å². The first-order valence-corrected chi connectivity index (χ1v) is 7.15. The van der Waals surface area contributed by atoms with E-state index in [1.165, 1.54) is 0 Å². The summed E-state index contributed by atoms with van der Waals surface area (Å²) in [5.74, 6) is 0. The van der Waals surface area contributed by atoms with Gasteiger partial charge >= 0.3 is 0 Å². The summed E-state index contributed by atoms with van der Waals surface area (Å²) in [7, 11) is -1.59. The van der Waals surface area contributed by atoms with Gasteiger partial charge in [-0.1, -0.05) is 12.1 Å². The third-order valence-corrected chi connectivity index (χ3v) is 4.61. The van der Waals surface area contributed by atoms with Gasteiger partial charge in [-0.05, 0) is 45.0 Å². The summed E-state index contributed by atoms with van der Waals surface area (Å²) in [6.45, 7) is 5.99. The van der Waals surface area contributed by atoms with Crippen LogP contribution in [-0.4, -0.2) is 27.3 Å². The molecule has 2 N–H and O–H groups in total. The summed E-state index contributed by atoms with van der Waals surface area (Å²) in [6.07, 6.45) is 0. The summed E-state index contributed by atoms with van der Waals surface area (Å²) < 4.78 is 26.6. The summed E-state index contributed by atoms with van der Waals surface area (Å²) in [5, 5.41) is 2.40. The normalized spacial score (nSPS) is 13.4. The van der Waals surface area contributed by atoms with Crippen molar-refractivity contribution >= 4 is 15.7 Å². The number of sulfonamides is 1. The van der Waals surface area contributed by atoms with Crippen LogP contribution >= 0.6 is 0 Å². The second-order valence-corrected chi connectivity index (χ2v) is 6.36. The fourth-order valence-electron chi connectivity index (χ4n) is 1.51. The second-order valence-electron chi connectivity index (χ2n) is 4.26. The maximum absolute atomic E-state index is 12.0. The number of hydrogen-bond donors (Lipinski definition) is 2. The highest BCUT2D eigenvalue weighted by atomic mass is 32.2. The molecule has 0 aliphatic rings. The lowest BCUT2D eigenvalue weighted by Gasteiger charge is -2.16. The van der Waals surface area contributed by atoms with Crippen LogP contribution in [0.3, 0.4) is 0 Å². The van der Waals surface area contributed by atoms with Gasteiger partial charge < -0.3 is 5.32 Å². The van der Waals surface area contributed by atoms with Crippen molar-refractivity contribution in [1.29, 1.82) is 0 Å². The number of nitrogens with one attached hydrogen (secondary N) is 2. The Morgan fingerprint density at radius 1 is 1.29 bits per heavy atom. The Hall–Kier alpha value is -1.07. The summed E-state index contributed by atoms with van der Waals surface area (Å²) in [6, 6.07) is 5.60. The molecule has 17 heavy (non-hydrogen) atoms. The van der Waals surface area contributed by atoms with Crippen LogP contribution in [0.5, 0.6) is 0 Å². The summed E-state index contributed by atoms with van der Waals surface area (Å²) in [5.41, 5.74) is 2.70. The first kappa shape index (κ1) is 14.0. The number of aryl methyl sites for hydroxylation is 1. The first-order chi connectivity index (χ1) is 7.88. The van der Waals surface area contributed by atoms with Crippen LogP contribution in [0, 0.1) is 13.8 Å². The maximum atomic E-state index is 12.0. The van der Waals surface area contributed by atoms with E-state index in [4.69, 9.17) is 0 Å². The maximum Gasteiger partial charge on any atom is 0.236 e. The molecule has 0 amide bonds. The molecular formula is C12H20N2O2S. The minimum atomic E-state index is -3.33. The molecule has 0 aromatic heterocycles. The quantitative estimate of drug-likeness (QED) is 0.842. The average Bonchev–Trinajstić information content (AvgIpc) is 2.25. The predicted molar refractivity (Wildman–Crippen MR) is 71.8 cm³/mol. The fourth-order valence-corrected chi connectivity index (χ4v) is 2.63. The van der Waals surface area contributed by atoms with Crippen molar-refractivity contribution in [2.45, 2.75) is 26.0 Å². The van der Waals surface area contributed by atoms with Crippen LogP contribution in [0.2, 0.25) is 0 Å². The number of rotatable bonds is 5. The highest BCUT2D eigenvalue weighted by molar-refractivity contribution is 7.93. The molecule has 0 spiro atoms. The van der Waals surface area contributed by atoms with Gasteiger partial charge in [-0.2, -0.15) is 0 Å². The molecule has 0 fully saturated rings. The lowest BCUT2D eigenvalue weighted by Crippen LogP contribution is -2.33. The average molecular weight is 256 g/mol. The molecular weight excluding hydrogens is 236 g/mol. The zero-order chi connectivity index (χ0) is 13.1. The predicted octanol–water partition coefficient (Wildman–Crippen LogP) is 1.65. The summed E-state index contributed by atoms with van der Waals surface area (Å²) >= 11 is 0. The molecule has 1 aromatic carbocycles. The molecule has 1 rings (SSSR count). The molecule has 0 saturated heterocycles. The van der Waals surface area contributed by atoms with Gasteiger partial charge in [0.15, 0.2) is 0 Å². The van der Waals surface area contributed by atoms with Gasteiger partial charge in [-0.25, -0.2) is 8.42 Å². The standard InChI is InChI=1S/C12H20N2O2S/c1-9-6-5-7-12(11(9)3)14-17(15,16)10(2)8-13-4/h5-7,10,13-14H,8H2,1-4H3. The third kappa shape index (κ3) is 3.44. The molecule has 1 atom stereocenters. The minimum absolute atomic E-state index is 0.431. The van der Waals surface area contributed by atoms with Gasteiger partial charge in [0.25, 0.3) is 0 Å². The highest BCUT2D eigenvalue weighted by Gasteiger charge is 2.20. The Bertz CT molecular complexity index is 483. The van der Waals surface area contributed by atoms with Gasteiger partial charge in [-0.3, -0.25) is 4.72 Å². The molecule has 1 unspecified atom stereocenters. The Morgan fingerprint density at radius 3 is 2.53 bits per heavy atom. The number of anilines is 1. The van der Waals surface area contributed by atoms with E-state index in [9.17, 15) is 8.42 Å². The van der Waals surface area contributed by atoms with Crippen molar-refractivity contribution in [3.05, 3.63) is 29.3 Å². The molecule has 0 bridgehead atoms. The van der Waals surface area contributed by atoms with E-state index in [1.807, 2.05) is 26.0 Å². The number of hydrogen-bond acceptors (Lipinski definition) is 3. The van der Waals surface area contributed by atoms with Crippen molar-refractivity contribution < 1.29 is 8.42 Å². The molecule has 0 aliphatic heterocycles. The largest absolute Gasteiger partial charge is 0.318 e. The van der Waals surface area contributed by atoms with E-state index in [0.717, 1.165) is 11.1 Å². The zero-order valence-corrected chi connectivity index (χ0v) is 11.6. The smallest absolute Gasteiger partial charge is 0.236 e. The molecule has 0 radical (unpaired) electrons. The van der Waals surface area contributed by atoms with Crippen LogP contribution in [-0.2, 0) is 10.0 Å². The Kier molecular flexibility index (Phi) is 4.54. The van der Waals surface area contributed by atoms with E-state index < -0.39 is 15.3 Å². The molecule has 0 aliphatic carbocycles. The number of benzene rings is 1. The monoisotopic (exact) mass is 256 g/mol. The Balaban J connectivity index is 2.94. The topological polar surface area (TPSA) is 58.2 Å². The van der Waals surface area contributed by atoms with Gasteiger partial charge in [0.2, 0.25) is 10.0 Å². The van der Waals surface area contributed by atoms with Gasteiger partial charge in [0.05, 0.1) is 10.9 Å². The van der Waals surface area contributed by atoms with Gasteiger partial charge in [0, 0.05) is 6.54 Å². The molecule has 0 saturated carbocycles. The summed E-state index contributed by atoms with van der Waals surface area (Å²) in [4.78, 5) is 0. The van der Waals surface area contributed by atoms with Crippen LogP contribution in [0.25, 0.3) is 0 Å². The Morgan fingerprint density at radius 2 is 1.94 bits per heavy atom. The molecule has 1 aromatic rings. The minimum Gasteiger partial charge on any atom is -0.318 e. The van der Waals surface area contributed by atoms with Crippen LogP contribution in [0.4, 0.5) is 5.69 Å². The van der Waals surface area contributed by atoms with Crippen molar-refractivity contribution in [2.24, 2.45) is 0 Å². The van der Waals surface area contributed by atoms with E-state index in [-0.39, 0.29) is 0 Å². The van der Waals surface area contributed by atoms with Crippen molar-refractivity contribution in [3.8, 4) is 0 Å². The van der Waals surface area contributed by atoms with Crippen LogP contribution < -0.4 is 10.0 Å². The molecule has 96 valence electrons. The van der Waals surface area contributed by atoms with Gasteiger partial charge in [0.1, 0.15) is 0 Å². The Labute approximate surface area is 103 Å². The van der Waals surface area contributed by atoms with Crippen molar-refractivity contribution in [2.75, 3.05) is 18.3 Å². The van der Waals surface area contributed by atoms with E-state index >= 15 is 0 Å². The second kappa shape index (κ2) is 5.51. The lowest BCUT2D eigenvalue weighted by molar-refractivity contribution is 0.583. The fraction of sp³-hybridized carbons (Fsp3) is 0.500. The van der Waals surface area contributed by atoms with Crippen molar-refractivity contribution in [1.82, 2.24) is 5.32 Å². The zero-order valence-electron chi connectivity index (χ0n) is 10.7. The van der Waals surface area contributed by atoms with Crippen LogP contribution in [0.1, 0.15) is 18.1 Å². The lowest BCUT2D eigenvalue weighted by atomic mass is 10.1. The highest BCUT2D eigenvalue weighted by Crippen LogP contribution is 2.20. The van der Waals surface area contributed by atoms with E-state index in [2.05, 4.69) is 10.0 Å². The molecule has 4 nitrogen and oxygen atoms in total. The van der Waals surface area contributed by atoms with E-state index in [0.29, 0.717) is 12.2 Å². The van der Waals surface area contributed by atoms with Crippen molar-refractivity contribution in [3.63, 3.8) is 0 Å². The SMILES string of the molecule is CNCC(C)S(=O)(=O)Nc1cccc(C)c1C. The van der Waals surface area contributed by atoms with E-state index in [1.54, 1.807) is 20.0 Å². The van der Waals surface area contributed by atoms with Crippen LogP contribution in [0.15, 0.2) is 18.2 Å². The third-order valence-electron chi connectivity index (χ3n) is 2.88.